The Kier molecular flexibility index (Phi) is 1.63. The first kappa shape index (κ1) is 8.55. The zero-order valence-corrected chi connectivity index (χ0v) is 7.80. The molecule has 1 atom stereocenters. The molecule has 1 aliphatic heterocycles. The minimum atomic E-state index is -0.834. The van der Waals surface area contributed by atoms with Crippen LogP contribution in [-0.4, -0.2) is 22.8 Å². The monoisotopic (exact) mass is 207 g/mol. The molecule has 0 radical (unpaired) electrons. The molecule has 0 aromatic heterocycles. The quantitative estimate of drug-likeness (QED) is 0.488. The van der Waals surface area contributed by atoms with Gasteiger partial charge in [0.1, 0.15) is 6.10 Å². The van der Waals surface area contributed by atoms with Gasteiger partial charge in [0.15, 0.2) is 11.5 Å². The molecule has 78 valence electrons. The number of aliphatic hydroxyl groups is 1. The van der Waals surface area contributed by atoms with E-state index in [0.29, 0.717) is 23.6 Å². The highest BCUT2D eigenvalue weighted by Gasteiger charge is 2.30. The van der Waals surface area contributed by atoms with Gasteiger partial charge >= 0.3 is 0 Å². The molecule has 5 nitrogen and oxygen atoms in total. The molecule has 0 amide bonds. The highest BCUT2D eigenvalue weighted by atomic mass is 16.7. The zero-order chi connectivity index (χ0) is 10.4. The van der Waals surface area contributed by atoms with Gasteiger partial charge in [-0.05, 0) is 23.3 Å². The van der Waals surface area contributed by atoms with Crippen molar-refractivity contribution < 1.29 is 19.8 Å². The van der Waals surface area contributed by atoms with Crippen molar-refractivity contribution in [2.24, 2.45) is 5.16 Å². The fourth-order valence-corrected chi connectivity index (χ4v) is 1.97. The van der Waals surface area contributed by atoms with Crippen molar-refractivity contribution in [2.75, 3.05) is 6.79 Å². The lowest BCUT2D eigenvalue weighted by atomic mass is 10.1. The second-order valence-corrected chi connectivity index (χ2v) is 3.57. The Labute approximate surface area is 85.5 Å². The maximum absolute atomic E-state index is 9.79. The summed E-state index contributed by atoms with van der Waals surface area (Å²) in [6, 6.07) is 3.56. The van der Waals surface area contributed by atoms with Crippen LogP contribution < -0.4 is 9.47 Å². The number of rotatable bonds is 0. The average Bonchev–Trinajstić information content (AvgIpc) is 2.80. The van der Waals surface area contributed by atoms with Crippen molar-refractivity contribution in [2.45, 2.75) is 12.5 Å². The summed E-state index contributed by atoms with van der Waals surface area (Å²) in [6.45, 7) is 0.218. The molecule has 1 aromatic rings. The molecule has 0 saturated carbocycles. The van der Waals surface area contributed by atoms with E-state index < -0.39 is 6.10 Å². The van der Waals surface area contributed by atoms with E-state index in [0.717, 1.165) is 11.1 Å². The maximum Gasteiger partial charge on any atom is 0.231 e. The van der Waals surface area contributed by atoms with Crippen LogP contribution >= 0.6 is 0 Å². The van der Waals surface area contributed by atoms with Gasteiger partial charge in [-0.25, -0.2) is 0 Å². The van der Waals surface area contributed by atoms with Gasteiger partial charge in [-0.15, -0.1) is 0 Å². The fraction of sp³-hybridized carbons (Fsp3) is 0.300. The largest absolute Gasteiger partial charge is 0.454 e. The van der Waals surface area contributed by atoms with Crippen LogP contribution in [0.5, 0.6) is 11.5 Å². The van der Waals surface area contributed by atoms with Gasteiger partial charge in [0, 0.05) is 6.42 Å². The van der Waals surface area contributed by atoms with Gasteiger partial charge in [0.2, 0.25) is 6.79 Å². The number of benzene rings is 1. The Morgan fingerprint density at radius 1 is 1.27 bits per heavy atom. The van der Waals surface area contributed by atoms with Crippen LogP contribution in [0.3, 0.4) is 0 Å². The number of hydrogen-bond donors (Lipinski definition) is 2. The highest BCUT2D eigenvalue weighted by Crippen LogP contribution is 2.40. The second-order valence-electron chi connectivity index (χ2n) is 3.57. The summed E-state index contributed by atoms with van der Waals surface area (Å²) >= 11 is 0. The highest BCUT2D eigenvalue weighted by molar-refractivity contribution is 5.95. The number of hydrogen-bond acceptors (Lipinski definition) is 5. The van der Waals surface area contributed by atoms with Crippen molar-refractivity contribution in [3.8, 4) is 11.5 Å². The first-order chi connectivity index (χ1) is 7.29. The summed E-state index contributed by atoms with van der Waals surface area (Å²) in [5, 5.41) is 21.5. The van der Waals surface area contributed by atoms with E-state index in [9.17, 15) is 5.11 Å². The van der Waals surface area contributed by atoms with Crippen LogP contribution in [0.4, 0.5) is 0 Å². The Bertz CT molecular complexity index is 455. The van der Waals surface area contributed by atoms with E-state index in [2.05, 4.69) is 5.16 Å². The third-order valence-corrected chi connectivity index (χ3v) is 2.74. The molecule has 0 saturated heterocycles. The predicted molar refractivity (Wildman–Crippen MR) is 50.5 cm³/mol. The molecule has 1 unspecified atom stereocenters. The summed E-state index contributed by atoms with van der Waals surface area (Å²) in [7, 11) is 0. The van der Waals surface area contributed by atoms with Gasteiger partial charge < -0.3 is 19.8 Å². The van der Waals surface area contributed by atoms with Gasteiger partial charge in [0.05, 0.1) is 5.71 Å². The Hall–Kier alpha value is -1.75. The average molecular weight is 207 g/mol. The van der Waals surface area contributed by atoms with E-state index in [-0.39, 0.29) is 6.79 Å². The first-order valence-corrected chi connectivity index (χ1v) is 4.61. The smallest absolute Gasteiger partial charge is 0.231 e. The number of ether oxygens (including phenoxy) is 2. The normalized spacial score (nSPS) is 24.6. The van der Waals surface area contributed by atoms with Crippen molar-refractivity contribution in [3.05, 3.63) is 23.3 Å². The minimum Gasteiger partial charge on any atom is -0.454 e. The number of oxime groups is 1. The second kappa shape index (κ2) is 2.87. The SMILES string of the molecule is ON=C1Cc2cc3c(cc2C1O)OCO3. The summed E-state index contributed by atoms with van der Waals surface area (Å²) in [6.07, 6.45) is -0.386. The third kappa shape index (κ3) is 1.10. The van der Waals surface area contributed by atoms with E-state index >= 15 is 0 Å². The molecular formula is C10H9NO4. The first-order valence-electron chi connectivity index (χ1n) is 4.61. The lowest BCUT2D eigenvalue weighted by Crippen LogP contribution is -2.05. The van der Waals surface area contributed by atoms with E-state index in [1.807, 2.05) is 6.07 Å². The van der Waals surface area contributed by atoms with Crippen LogP contribution in [0, 0.1) is 0 Å². The maximum atomic E-state index is 9.79. The molecule has 3 rings (SSSR count). The zero-order valence-electron chi connectivity index (χ0n) is 7.80. The lowest BCUT2D eigenvalue weighted by Gasteiger charge is -2.04. The number of aliphatic hydroxyl groups excluding tert-OH is 1. The molecule has 1 heterocycles. The Balaban J connectivity index is 2.12. The summed E-state index contributed by atoms with van der Waals surface area (Å²) in [5.41, 5.74) is 2.00. The molecule has 1 aliphatic carbocycles. The standard InChI is InChI=1S/C10H9NO4/c12-10-6-3-9-8(14-4-15-9)2-5(6)1-7(10)11-13/h2-3,10,12-13H,1,4H2. The Morgan fingerprint density at radius 2 is 2.00 bits per heavy atom. The predicted octanol–water partition coefficient (Wildman–Crippen LogP) is 0.835. The molecule has 0 spiro atoms. The van der Waals surface area contributed by atoms with Crippen LogP contribution in [0.1, 0.15) is 17.2 Å². The number of fused-ring (bicyclic) bond motifs is 2. The lowest BCUT2D eigenvalue weighted by molar-refractivity contribution is 0.173. The van der Waals surface area contributed by atoms with E-state index in [1.54, 1.807) is 6.07 Å². The minimum absolute atomic E-state index is 0.218. The Morgan fingerprint density at radius 3 is 2.73 bits per heavy atom. The number of nitrogens with zero attached hydrogens (tertiary/aromatic N) is 1. The van der Waals surface area contributed by atoms with Crippen molar-refractivity contribution >= 4 is 5.71 Å². The van der Waals surface area contributed by atoms with Crippen molar-refractivity contribution in [1.82, 2.24) is 0 Å². The van der Waals surface area contributed by atoms with Crippen molar-refractivity contribution in [3.63, 3.8) is 0 Å². The molecule has 1 aromatic carbocycles. The molecular weight excluding hydrogens is 198 g/mol. The summed E-state index contributed by atoms with van der Waals surface area (Å²) < 4.78 is 10.4. The van der Waals surface area contributed by atoms with Crippen LogP contribution in [0.25, 0.3) is 0 Å². The van der Waals surface area contributed by atoms with E-state index in [4.69, 9.17) is 14.7 Å². The molecule has 2 N–H and O–H groups in total. The topological polar surface area (TPSA) is 71.3 Å². The van der Waals surface area contributed by atoms with Crippen molar-refractivity contribution in [1.29, 1.82) is 0 Å². The molecule has 0 fully saturated rings. The summed E-state index contributed by atoms with van der Waals surface area (Å²) in [5.74, 6) is 1.31. The van der Waals surface area contributed by atoms with Crippen LogP contribution in [0.15, 0.2) is 17.3 Å². The van der Waals surface area contributed by atoms with Gasteiger partial charge in [0.25, 0.3) is 0 Å². The van der Waals surface area contributed by atoms with Gasteiger partial charge in [-0.3, -0.25) is 0 Å². The third-order valence-electron chi connectivity index (χ3n) is 2.74. The van der Waals surface area contributed by atoms with Gasteiger partial charge in [-0.2, -0.15) is 0 Å². The van der Waals surface area contributed by atoms with Crippen LogP contribution in [-0.2, 0) is 6.42 Å². The molecule has 2 aliphatic rings. The molecule has 0 bridgehead atoms. The van der Waals surface area contributed by atoms with Gasteiger partial charge in [-0.1, -0.05) is 5.16 Å². The fourth-order valence-electron chi connectivity index (χ4n) is 1.97. The van der Waals surface area contributed by atoms with E-state index in [1.165, 1.54) is 0 Å². The van der Waals surface area contributed by atoms with Crippen LogP contribution in [0.2, 0.25) is 0 Å². The summed E-state index contributed by atoms with van der Waals surface area (Å²) in [4.78, 5) is 0. The molecule has 5 heteroatoms. The molecule has 15 heavy (non-hydrogen) atoms.